The molecule has 1 saturated heterocycles. The second-order valence-electron chi connectivity index (χ2n) is 7.80. The van der Waals surface area contributed by atoms with Gasteiger partial charge in [0.15, 0.2) is 0 Å². The van der Waals surface area contributed by atoms with E-state index in [4.69, 9.17) is 4.74 Å². The SMILES string of the molecule is CCC(C)(C)C(=O)CC1CC2CC1CC21CCOC1=O. The van der Waals surface area contributed by atoms with Gasteiger partial charge in [-0.3, -0.25) is 9.59 Å². The quantitative estimate of drug-likeness (QED) is 0.741. The summed E-state index contributed by atoms with van der Waals surface area (Å²) in [5, 5.41) is 0. The Kier molecular flexibility index (Phi) is 3.22. The number of Topliss-reactive ketones (excluding diaryl/α,β-unsaturated/α-hetero) is 1. The third-order valence-corrected chi connectivity index (χ3v) is 6.52. The molecule has 3 rings (SSSR count). The molecule has 0 aromatic rings. The maximum absolute atomic E-state index is 12.4. The van der Waals surface area contributed by atoms with E-state index in [1.165, 1.54) is 0 Å². The van der Waals surface area contributed by atoms with Crippen molar-refractivity contribution in [2.24, 2.45) is 28.6 Å². The second kappa shape index (κ2) is 4.57. The molecule has 3 heteroatoms. The van der Waals surface area contributed by atoms with Crippen LogP contribution in [0.5, 0.6) is 0 Å². The Labute approximate surface area is 121 Å². The van der Waals surface area contributed by atoms with Gasteiger partial charge in [0, 0.05) is 11.8 Å². The van der Waals surface area contributed by atoms with Crippen molar-refractivity contribution in [3.63, 3.8) is 0 Å². The summed E-state index contributed by atoms with van der Waals surface area (Å²) < 4.78 is 5.23. The van der Waals surface area contributed by atoms with Gasteiger partial charge in [-0.2, -0.15) is 0 Å². The van der Waals surface area contributed by atoms with Gasteiger partial charge in [-0.15, -0.1) is 0 Å². The third-order valence-electron chi connectivity index (χ3n) is 6.52. The zero-order valence-corrected chi connectivity index (χ0v) is 12.9. The van der Waals surface area contributed by atoms with Crippen LogP contribution in [0.15, 0.2) is 0 Å². The molecule has 2 bridgehead atoms. The molecule has 0 amide bonds. The number of ketones is 1. The predicted molar refractivity (Wildman–Crippen MR) is 76.0 cm³/mol. The van der Waals surface area contributed by atoms with Crippen LogP contribution in [0, 0.1) is 28.6 Å². The number of esters is 1. The second-order valence-corrected chi connectivity index (χ2v) is 7.80. The molecule has 4 atom stereocenters. The van der Waals surface area contributed by atoms with Crippen molar-refractivity contribution < 1.29 is 14.3 Å². The van der Waals surface area contributed by atoms with E-state index in [0.29, 0.717) is 36.6 Å². The lowest BCUT2D eigenvalue weighted by atomic mass is 9.67. The average molecular weight is 278 g/mol. The first-order chi connectivity index (χ1) is 9.39. The fraction of sp³-hybridized carbons (Fsp3) is 0.882. The molecule has 3 nitrogen and oxygen atoms in total. The van der Waals surface area contributed by atoms with Crippen molar-refractivity contribution >= 4 is 11.8 Å². The van der Waals surface area contributed by atoms with Gasteiger partial charge >= 0.3 is 5.97 Å². The van der Waals surface area contributed by atoms with Crippen LogP contribution in [0.2, 0.25) is 0 Å². The van der Waals surface area contributed by atoms with E-state index in [2.05, 4.69) is 20.8 Å². The average Bonchev–Trinajstić information content (AvgIpc) is 3.06. The van der Waals surface area contributed by atoms with E-state index in [0.717, 1.165) is 32.1 Å². The highest BCUT2D eigenvalue weighted by Crippen LogP contribution is 2.62. The maximum Gasteiger partial charge on any atom is 0.312 e. The lowest BCUT2D eigenvalue weighted by Crippen LogP contribution is -2.36. The number of cyclic esters (lactones) is 1. The molecular formula is C17H26O3. The number of hydrogen-bond donors (Lipinski definition) is 0. The number of hydrogen-bond acceptors (Lipinski definition) is 3. The zero-order chi connectivity index (χ0) is 14.5. The molecule has 0 aromatic heterocycles. The predicted octanol–water partition coefficient (Wildman–Crippen LogP) is 3.36. The molecule has 1 spiro atoms. The van der Waals surface area contributed by atoms with Crippen molar-refractivity contribution in [2.75, 3.05) is 6.61 Å². The molecule has 0 radical (unpaired) electrons. The Morgan fingerprint density at radius 2 is 2.15 bits per heavy atom. The Morgan fingerprint density at radius 1 is 1.40 bits per heavy atom. The fourth-order valence-electron chi connectivity index (χ4n) is 4.64. The smallest absolute Gasteiger partial charge is 0.312 e. The number of rotatable bonds is 4. The van der Waals surface area contributed by atoms with Crippen molar-refractivity contribution in [1.29, 1.82) is 0 Å². The topological polar surface area (TPSA) is 43.4 Å². The van der Waals surface area contributed by atoms with Crippen LogP contribution < -0.4 is 0 Å². The minimum atomic E-state index is -0.189. The van der Waals surface area contributed by atoms with Crippen LogP contribution in [0.25, 0.3) is 0 Å². The Balaban J connectivity index is 1.65. The minimum Gasteiger partial charge on any atom is -0.465 e. The van der Waals surface area contributed by atoms with Gasteiger partial charge in [-0.1, -0.05) is 20.8 Å². The lowest BCUT2D eigenvalue weighted by Gasteiger charge is -2.34. The van der Waals surface area contributed by atoms with Gasteiger partial charge in [0.25, 0.3) is 0 Å². The van der Waals surface area contributed by atoms with Crippen LogP contribution >= 0.6 is 0 Å². The lowest BCUT2D eigenvalue weighted by molar-refractivity contribution is -0.149. The molecule has 4 unspecified atom stereocenters. The molecule has 1 heterocycles. The summed E-state index contributed by atoms with van der Waals surface area (Å²) in [6, 6.07) is 0. The molecule has 1 aliphatic heterocycles. The highest BCUT2D eigenvalue weighted by atomic mass is 16.5. The van der Waals surface area contributed by atoms with Crippen LogP contribution in [-0.4, -0.2) is 18.4 Å². The Bertz CT molecular complexity index is 440. The van der Waals surface area contributed by atoms with Gasteiger partial charge in [0.2, 0.25) is 0 Å². The van der Waals surface area contributed by atoms with Gasteiger partial charge in [0.1, 0.15) is 5.78 Å². The van der Waals surface area contributed by atoms with Crippen LogP contribution in [0.3, 0.4) is 0 Å². The van der Waals surface area contributed by atoms with Crippen LogP contribution in [0.1, 0.15) is 59.3 Å². The summed E-state index contributed by atoms with van der Waals surface area (Å²) in [5.41, 5.74) is -0.351. The molecule has 20 heavy (non-hydrogen) atoms. The molecule has 3 aliphatic rings. The van der Waals surface area contributed by atoms with E-state index in [1.54, 1.807) is 0 Å². The van der Waals surface area contributed by atoms with E-state index >= 15 is 0 Å². The van der Waals surface area contributed by atoms with E-state index in [-0.39, 0.29) is 16.8 Å². The monoisotopic (exact) mass is 278 g/mol. The maximum atomic E-state index is 12.4. The summed E-state index contributed by atoms with van der Waals surface area (Å²) in [6.45, 7) is 6.80. The van der Waals surface area contributed by atoms with Gasteiger partial charge in [0.05, 0.1) is 12.0 Å². The van der Waals surface area contributed by atoms with E-state index < -0.39 is 0 Å². The van der Waals surface area contributed by atoms with Gasteiger partial charge in [-0.25, -0.2) is 0 Å². The highest BCUT2D eigenvalue weighted by molar-refractivity contribution is 5.84. The first kappa shape index (κ1) is 14.1. The third kappa shape index (κ3) is 1.93. The summed E-state index contributed by atoms with van der Waals surface area (Å²) in [5.74, 6) is 2.01. The highest BCUT2D eigenvalue weighted by Gasteiger charge is 2.61. The number of ether oxygens (including phenoxy) is 1. The van der Waals surface area contributed by atoms with Crippen LogP contribution in [0.4, 0.5) is 0 Å². The normalized spacial score (nSPS) is 39.5. The van der Waals surface area contributed by atoms with E-state index in [9.17, 15) is 9.59 Å². The van der Waals surface area contributed by atoms with Crippen molar-refractivity contribution in [1.82, 2.24) is 0 Å². The van der Waals surface area contributed by atoms with Crippen molar-refractivity contribution in [3.8, 4) is 0 Å². The van der Waals surface area contributed by atoms with Crippen LogP contribution in [-0.2, 0) is 14.3 Å². The summed E-state index contributed by atoms with van der Waals surface area (Å²) in [6.07, 6.45) is 5.70. The standard InChI is InChI=1S/C17H26O3/c1-4-16(2,3)14(18)9-11-7-13-8-12(11)10-17(13)5-6-20-15(17)19/h11-13H,4-10H2,1-3H3. The molecule has 2 aliphatic carbocycles. The van der Waals surface area contributed by atoms with E-state index in [1.807, 2.05) is 0 Å². The molecule has 3 fully saturated rings. The summed E-state index contributed by atoms with van der Waals surface area (Å²) >= 11 is 0. The number of carbonyl (C=O) groups excluding carboxylic acids is 2. The van der Waals surface area contributed by atoms with Crippen molar-refractivity contribution in [2.45, 2.75) is 59.3 Å². The zero-order valence-electron chi connectivity index (χ0n) is 12.9. The molecule has 112 valence electrons. The van der Waals surface area contributed by atoms with Crippen molar-refractivity contribution in [3.05, 3.63) is 0 Å². The molecule has 2 saturated carbocycles. The molecule has 0 N–H and O–H groups in total. The first-order valence-corrected chi connectivity index (χ1v) is 8.09. The number of carbonyl (C=O) groups is 2. The number of fused-ring (bicyclic) bond motifs is 3. The Morgan fingerprint density at radius 3 is 2.65 bits per heavy atom. The summed E-state index contributed by atoms with van der Waals surface area (Å²) in [4.78, 5) is 24.4. The first-order valence-electron chi connectivity index (χ1n) is 8.09. The fourth-order valence-corrected chi connectivity index (χ4v) is 4.64. The summed E-state index contributed by atoms with van der Waals surface area (Å²) in [7, 11) is 0. The Hall–Kier alpha value is -0.860. The van der Waals surface area contributed by atoms with Gasteiger partial charge < -0.3 is 4.74 Å². The molecular weight excluding hydrogens is 252 g/mol. The minimum absolute atomic E-state index is 0.0451. The largest absolute Gasteiger partial charge is 0.465 e. The van der Waals surface area contributed by atoms with Gasteiger partial charge in [-0.05, 0) is 49.9 Å². The molecule has 0 aromatic carbocycles.